The lowest BCUT2D eigenvalue weighted by Crippen LogP contribution is -2.10. The largest absolute Gasteiger partial charge is 0.402 e. The quantitative estimate of drug-likeness (QED) is 0.747. The van der Waals surface area contributed by atoms with Crippen molar-refractivity contribution >= 4 is 5.78 Å². The van der Waals surface area contributed by atoms with Crippen LogP contribution in [-0.4, -0.2) is 5.78 Å². The first-order valence-corrected chi connectivity index (χ1v) is 6.30. The first-order valence-electron chi connectivity index (χ1n) is 6.30. The van der Waals surface area contributed by atoms with E-state index in [1.807, 2.05) is 6.08 Å². The minimum atomic E-state index is 0.404. The molecule has 0 amide bonds. The summed E-state index contributed by atoms with van der Waals surface area (Å²) >= 11 is 0. The van der Waals surface area contributed by atoms with Crippen LogP contribution < -0.4 is 5.73 Å². The van der Waals surface area contributed by atoms with Crippen molar-refractivity contribution < 1.29 is 4.79 Å². The predicted molar refractivity (Wildman–Crippen MR) is 67.9 cm³/mol. The molecule has 0 spiro atoms. The van der Waals surface area contributed by atoms with Gasteiger partial charge in [-0.05, 0) is 37.7 Å². The highest BCUT2D eigenvalue weighted by molar-refractivity contribution is 5.78. The van der Waals surface area contributed by atoms with Crippen LogP contribution in [0.25, 0.3) is 0 Å². The summed E-state index contributed by atoms with van der Waals surface area (Å²) in [5, 5.41) is 0. The monoisotopic (exact) mass is 221 g/mol. The van der Waals surface area contributed by atoms with Crippen LogP contribution in [0.15, 0.2) is 23.4 Å². The topological polar surface area (TPSA) is 43.1 Å². The molecule has 0 saturated heterocycles. The molecule has 0 aliphatic heterocycles. The van der Waals surface area contributed by atoms with Gasteiger partial charge < -0.3 is 5.73 Å². The Morgan fingerprint density at radius 1 is 1.44 bits per heavy atom. The van der Waals surface area contributed by atoms with Crippen molar-refractivity contribution in [3.8, 4) is 0 Å². The maximum atomic E-state index is 11.4. The van der Waals surface area contributed by atoms with E-state index in [1.54, 1.807) is 0 Å². The SMILES string of the molecule is CCCC(=O)CCCC1=CC=C(N)C[C@H]1C. The van der Waals surface area contributed by atoms with Gasteiger partial charge in [0, 0.05) is 18.5 Å². The Hall–Kier alpha value is -1.05. The number of ketones is 1. The van der Waals surface area contributed by atoms with Gasteiger partial charge in [-0.3, -0.25) is 4.79 Å². The Bertz CT molecular complexity index is 302. The van der Waals surface area contributed by atoms with Gasteiger partial charge in [0.05, 0.1) is 0 Å². The van der Waals surface area contributed by atoms with Crippen LogP contribution in [0.3, 0.4) is 0 Å². The third-order valence-corrected chi connectivity index (χ3v) is 3.14. The zero-order chi connectivity index (χ0) is 12.0. The molecule has 2 heteroatoms. The third kappa shape index (κ3) is 4.21. The zero-order valence-electron chi connectivity index (χ0n) is 10.5. The van der Waals surface area contributed by atoms with Gasteiger partial charge in [0.2, 0.25) is 0 Å². The van der Waals surface area contributed by atoms with Gasteiger partial charge in [0.25, 0.3) is 0 Å². The molecule has 16 heavy (non-hydrogen) atoms. The van der Waals surface area contributed by atoms with E-state index < -0.39 is 0 Å². The normalized spacial score (nSPS) is 20.2. The summed E-state index contributed by atoms with van der Waals surface area (Å²) in [5.41, 5.74) is 8.18. The minimum Gasteiger partial charge on any atom is -0.402 e. The summed E-state index contributed by atoms with van der Waals surface area (Å²) < 4.78 is 0. The summed E-state index contributed by atoms with van der Waals surface area (Å²) in [6.45, 7) is 4.26. The molecule has 0 radical (unpaired) electrons. The first-order chi connectivity index (χ1) is 7.63. The summed E-state index contributed by atoms with van der Waals surface area (Å²) in [6, 6.07) is 0. The zero-order valence-corrected chi connectivity index (χ0v) is 10.5. The molecule has 2 nitrogen and oxygen atoms in total. The van der Waals surface area contributed by atoms with E-state index in [4.69, 9.17) is 5.73 Å². The number of carbonyl (C=O) groups is 1. The highest BCUT2D eigenvalue weighted by Gasteiger charge is 2.13. The average molecular weight is 221 g/mol. The van der Waals surface area contributed by atoms with Crippen LogP contribution in [-0.2, 0) is 4.79 Å². The van der Waals surface area contributed by atoms with E-state index in [2.05, 4.69) is 19.9 Å². The van der Waals surface area contributed by atoms with Gasteiger partial charge in [0.15, 0.2) is 0 Å². The average Bonchev–Trinajstić information content (AvgIpc) is 2.22. The number of hydrogen-bond donors (Lipinski definition) is 1. The van der Waals surface area contributed by atoms with E-state index in [0.29, 0.717) is 11.7 Å². The van der Waals surface area contributed by atoms with E-state index in [9.17, 15) is 4.79 Å². The lowest BCUT2D eigenvalue weighted by Gasteiger charge is -2.19. The van der Waals surface area contributed by atoms with Crippen molar-refractivity contribution in [3.05, 3.63) is 23.4 Å². The van der Waals surface area contributed by atoms with Crippen LogP contribution in [0, 0.1) is 5.92 Å². The van der Waals surface area contributed by atoms with Crippen LogP contribution in [0.4, 0.5) is 0 Å². The second kappa shape index (κ2) is 6.51. The van der Waals surface area contributed by atoms with Gasteiger partial charge in [-0.25, -0.2) is 0 Å². The molecule has 2 N–H and O–H groups in total. The van der Waals surface area contributed by atoms with Crippen LogP contribution in [0.5, 0.6) is 0 Å². The second-order valence-corrected chi connectivity index (χ2v) is 4.73. The Kier molecular flexibility index (Phi) is 5.30. The van der Waals surface area contributed by atoms with Gasteiger partial charge in [-0.2, -0.15) is 0 Å². The Balaban J connectivity index is 2.30. The third-order valence-electron chi connectivity index (χ3n) is 3.14. The fourth-order valence-corrected chi connectivity index (χ4v) is 2.15. The first kappa shape index (κ1) is 13.0. The van der Waals surface area contributed by atoms with E-state index in [1.165, 1.54) is 5.57 Å². The molecule has 0 aromatic rings. The van der Waals surface area contributed by atoms with E-state index in [-0.39, 0.29) is 0 Å². The summed E-state index contributed by atoms with van der Waals surface area (Å²) in [5.74, 6) is 0.952. The lowest BCUT2D eigenvalue weighted by molar-refractivity contribution is -0.119. The molecular formula is C14H23NO. The van der Waals surface area contributed by atoms with Crippen molar-refractivity contribution in [3.63, 3.8) is 0 Å². The minimum absolute atomic E-state index is 0.404. The summed E-state index contributed by atoms with van der Waals surface area (Å²) in [6.07, 6.45) is 9.57. The van der Waals surface area contributed by atoms with Crippen LogP contribution >= 0.6 is 0 Å². The smallest absolute Gasteiger partial charge is 0.132 e. The molecule has 0 bridgehead atoms. The molecule has 1 rings (SSSR count). The van der Waals surface area contributed by atoms with Gasteiger partial charge in [-0.1, -0.05) is 25.5 Å². The fraction of sp³-hybridized carbons (Fsp3) is 0.643. The second-order valence-electron chi connectivity index (χ2n) is 4.73. The van der Waals surface area contributed by atoms with Crippen LogP contribution in [0.2, 0.25) is 0 Å². The molecule has 1 aliphatic carbocycles. The Labute approximate surface area is 98.6 Å². The van der Waals surface area contributed by atoms with Gasteiger partial charge >= 0.3 is 0 Å². The molecule has 1 atom stereocenters. The number of Topliss-reactive ketones (excluding diaryl/α,β-unsaturated/α-hetero) is 1. The Morgan fingerprint density at radius 3 is 2.81 bits per heavy atom. The van der Waals surface area contributed by atoms with E-state index >= 15 is 0 Å². The summed E-state index contributed by atoms with van der Waals surface area (Å²) in [7, 11) is 0. The number of rotatable bonds is 6. The molecular weight excluding hydrogens is 198 g/mol. The maximum Gasteiger partial charge on any atom is 0.132 e. The van der Waals surface area contributed by atoms with Crippen molar-refractivity contribution in [2.24, 2.45) is 11.7 Å². The van der Waals surface area contributed by atoms with Crippen molar-refractivity contribution in [1.82, 2.24) is 0 Å². The van der Waals surface area contributed by atoms with E-state index in [0.717, 1.165) is 44.2 Å². The molecule has 0 saturated carbocycles. The van der Waals surface area contributed by atoms with Crippen molar-refractivity contribution in [1.29, 1.82) is 0 Å². The van der Waals surface area contributed by atoms with Gasteiger partial charge in [0.1, 0.15) is 5.78 Å². The number of carbonyl (C=O) groups excluding carboxylic acids is 1. The molecule has 90 valence electrons. The van der Waals surface area contributed by atoms with Crippen LogP contribution in [0.1, 0.15) is 52.4 Å². The highest BCUT2D eigenvalue weighted by Crippen LogP contribution is 2.26. The highest BCUT2D eigenvalue weighted by atomic mass is 16.1. The standard InChI is InChI=1S/C14H23NO/c1-3-5-14(16)7-4-6-12-8-9-13(15)10-11(12)2/h8-9,11H,3-7,10,15H2,1-2H3/t11-/m1/s1. The number of hydrogen-bond acceptors (Lipinski definition) is 2. The molecule has 0 aromatic carbocycles. The molecule has 0 unspecified atom stereocenters. The Morgan fingerprint density at radius 2 is 2.19 bits per heavy atom. The maximum absolute atomic E-state index is 11.4. The van der Waals surface area contributed by atoms with Crippen molar-refractivity contribution in [2.45, 2.75) is 52.4 Å². The lowest BCUT2D eigenvalue weighted by atomic mass is 9.88. The molecule has 0 heterocycles. The van der Waals surface area contributed by atoms with Crippen molar-refractivity contribution in [2.75, 3.05) is 0 Å². The molecule has 1 aliphatic rings. The molecule has 0 aromatic heterocycles. The fourth-order valence-electron chi connectivity index (χ4n) is 2.15. The van der Waals surface area contributed by atoms with Gasteiger partial charge in [-0.15, -0.1) is 0 Å². The predicted octanol–water partition coefficient (Wildman–Crippen LogP) is 3.33. The molecule has 0 fully saturated rings. The summed E-state index contributed by atoms with van der Waals surface area (Å²) in [4.78, 5) is 11.4. The number of nitrogens with two attached hydrogens (primary N) is 1. The number of allylic oxidation sites excluding steroid dienone is 4.